The van der Waals surface area contributed by atoms with Crippen molar-refractivity contribution < 1.29 is 36.9 Å². The van der Waals surface area contributed by atoms with Gasteiger partial charge in [-0.25, -0.2) is 0 Å². The van der Waals surface area contributed by atoms with Crippen molar-refractivity contribution in [3.05, 3.63) is 47.5 Å². The molecule has 2 rings (SSSR count). The lowest BCUT2D eigenvalue weighted by molar-refractivity contribution is -0.890. The van der Waals surface area contributed by atoms with Gasteiger partial charge in [-0.2, -0.15) is 0 Å². The normalized spacial score (nSPS) is 12.6. The van der Waals surface area contributed by atoms with Crippen LogP contribution in [0.1, 0.15) is 193 Å². The molecular weight excluding hydrogens is 865 g/mol. The topological polar surface area (TPSA) is 36.9 Å². The van der Waals surface area contributed by atoms with Gasteiger partial charge >= 0.3 is 0 Å². The van der Waals surface area contributed by atoms with E-state index < -0.39 is 0 Å². The van der Waals surface area contributed by atoms with Crippen molar-refractivity contribution in [3.63, 3.8) is 0 Å². The van der Waals surface area contributed by atoms with Crippen LogP contribution in [0.15, 0.2) is 36.4 Å². The molecule has 404 valence electrons. The predicted molar refractivity (Wildman–Crippen MR) is 305 cm³/mol. The molecule has 0 bridgehead atoms. The number of unbranched alkanes of at least 4 members (excludes halogenated alkanes) is 16. The molecule has 0 saturated heterocycles. The quantitative estimate of drug-likeness (QED) is 0.0376. The Labute approximate surface area is 434 Å². The molecule has 0 spiro atoms. The van der Waals surface area contributed by atoms with Crippen LogP contribution < -0.4 is 18.9 Å². The van der Waals surface area contributed by atoms with Crippen molar-refractivity contribution >= 4 is 12.2 Å². The van der Waals surface area contributed by atoms with E-state index in [1.165, 1.54) is 181 Å². The van der Waals surface area contributed by atoms with Crippen LogP contribution in [0.3, 0.4) is 0 Å². The standard InChI is InChI=1S/C62H116N4O4/c1-13-17-39-63(5,6)43-29-21-25-33-47-67-59-51-57(52-60(55-59)68-48-34-26-22-30-44-64(7,8)40-18-14-2)37-38-58-53-61(69-49-35-27-23-31-45-65(9,10)41-19-15-3)56-62(54-58)70-50-36-28-24-32-46-66(11,12)42-20-16-4/h37-38,51-56H,13-36,39-50H2,1-12H3/q+4/b38-37+. The smallest absolute Gasteiger partial charge is 0.123 e. The molecule has 8 nitrogen and oxygen atoms in total. The molecule has 0 unspecified atom stereocenters. The largest absolute Gasteiger partial charge is 0.493 e. The van der Waals surface area contributed by atoms with E-state index in [9.17, 15) is 0 Å². The Morgan fingerprint density at radius 3 is 0.686 bits per heavy atom. The molecule has 2 aromatic carbocycles. The minimum Gasteiger partial charge on any atom is -0.493 e. The van der Waals surface area contributed by atoms with Gasteiger partial charge in [0, 0.05) is 12.1 Å². The number of quaternary nitrogens is 4. The highest BCUT2D eigenvalue weighted by Gasteiger charge is 2.16. The first-order valence-electron chi connectivity index (χ1n) is 29.3. The van der Waals surface area contributed by atoms with Crippen molar-refractivity contribution in [1.29, 1.82) is 0 Å². The van der Waals surface area contributed by atoms with Gasteiger partial charge in [-0.1, -0.05) is 65.5 Å². The van der Waals surface area contributed by atoms with Crippen LogP contribution >= 0.6 is 0 Å². The second-order valence-corrected chi connectivity index (χ2v) is 23.8. The van der Waals surface area contributed by atoms with E-state index in [1.807, 2.05) is 0 Å². The van der Waals surface area contributed by atoms with Gasteiger partial charge < -0.3 is 36.9 Å². The molecule has 0 aliphatic carbocycles. The summed E-state index contributed by atoms with van der Waals surface area (Å²) in [7, 11) is 19.0. The van der Waals surface area contributed by atoms with Crippen LogP contribution in [0.2, 0.25) is 0 Å². The number of hydrogen-bond donors (Lipinski definition) is 0. The van der Waals surface area contributed by atoms with E-state index in [0.717, 1.165) is 104 Å². The maximum atomic E-state index is 6.46. The van der Waals surface area contributed by atoms with Gasteiger partial charge in [-0.05, 0) is 164 Å². The van der Waals surface area contributed by atoms with E-state index in [0.29, 0.717) is 0 Å². The Bertz CT molecular complexity index is 1400. The Morgan fingerprint density at radius 2 is 0.471 bits per heavy atom. The lowest BCUT2D eigenvalue weighted by Crippen LogP contribution is -2.41. The number of rotatable bonds is 46. The van der Waals surface area contributed by atoms with Gasteiger partial charge in [0.05, 0.1) is 135 Å². The van der Waals surface area contributed by atoms with Crippen molar-refractivity contribution in [2.24, 2.45) is 0 Å². The number of benzene rings is 2. The minimum absolute atomic E-state index is 0.722. The maximum Gasteiger partial charge on any atom is 0.123 e. The highest BCUT2D eigenvalue weighted by molar-refractivity contribution is 5.72. The summed E-state index contributed by atoms with van der Waals surface area (Å²) >= 11 is 0. The molecule has 0 aliphatic rings. The van der Waals surface area contributed by atoms with E-state index in [2.05, 4.69) is 133 Å². The van der Waals surface area contributed by atoms with Crippen molar-refractivity contribution in [3.8, 4) is 23.0 Å². The Morgan fingerprint density at radius 1 is 0.271 bits per heavy atom. The number of nitrogens with zero attached hydrogens (tertiary/aromatic N) is 4. The fraction of sp³-hybridized carbons (Fsp3) is 0.774. The Kier molecular flexibility index (Phi) is 33.5. The van der Waals surface area contributed by atoms with Crippen LogP contribution in [0.4, 0.5) is 0 Å². The van der Waals surface area contributed by atoms with Gasteiger partial charge in [0.1, 0.15) is 23.0 Å². The third-order valence-corrected chi connectivity index (χ3v) is 14.4. The average Bonchev–Trinajstić information content (AvgIpc) is 3.32. The van der Waals surface area contributed by atoms with Crippen LogP contribution in [-0.2, 0) is 0 Å². The van der Waals surface area contributed by atoms with E-state index >= 15 is 0 Å². The van der Waals surface area contributed by atoms with Gasteiger partial charge in [0.15, 0.2) is 0 Å². The molecule has 0 aliphatic heterocycles. The van der Waals surface area contributed by atoms with Crippen molar-refractivity contribution in [1.82, 2.24) is 0 Å². The summed E-state index contributed by atoms with van der Waals surface area (Å²) < 4.78 is 30.4. The summed E-state index contributed by atoms with van der Waals surface area (Å²) in [6.45, 7) is 22.2. The molecule has 0 heterocycles. The van der Waals surface area contributed by atoms with E-state index in [1.54, 1.807) is 0 Å². The molecule has 0 atom stereocenters. The molecule has 8 heteroatoms. The van der Waals surface area contributed by atoms with Crippen LogP contribution in [0, 0.1) is 0 Å². The molecular formula is C62H116N4O4+4. The van der Waals surface area contributed by atoms with Crippen molar-refractivity contribution in [2.75, 3.05) is 135 Å². The fourth-order valence-electron chi connectivity index (χ4n) is 9.44. The second-order valence-electron chi connectivity index (χ2n) is 23.8. The summed E-state index contributed by atoms with van der Waals surface area (Å²) in [5, 5.41) is 0. The highest BCUT2D eigenvalue weighted by Crippen LogP contribution is 2.28. The van der Waals surface area contributed by atoms with Gasteiger partial charge in [0.2, 0.25) is 0 Å². The number of hydrogen-bond acceptors (Lipinski definition) is 4. The Hall–Kier alpha value is -2.78. The van der Waals surface area contributed by atoms with Crippen LogP contribution in [-0.4, -0.2) is 153 Å². The molecule has 0 N–H and O–H groups in total. The van der Waals surface area contributed by atoms with Crippen LogP contribution in [0.25, 0.3) is 12.2 Å². The first-order valence-corrected chi connectivity index (χ1v) is 29.3. The average molecular weight is 982 g/mol. The van der Waals surface area contributed by atoms with Crippen molar-refractivity contribution in [2.45, 2.75) is 182 Å². The van der Waals surface area contributed by atoms with E-state index in [-0.39, 0.29) is 0 Å². The van der Waals surface area contributed by atoms with Gasteiger partial charge in [0.25, 0.3) is 0 Å². The predicted octanol–water partition coefficient (Wildman–Crippen LogP) is 15.1. The molecule has 2 aromatic rings. The highest BCUT2D eigenvalue weighted by atomic mass is 16.5. The molecule has 0 radical (unpaired) electrons. The molecule has 0 saturated carbocycles. The zero-order valence-corrected chi connectivity index (χ0v) is 48.5. The molecule has 0 fully saturated rings. The molecule has 0 aromatic heterocycles. The summed E-state index contributed by atoms with van der Waals surface area (Å²) in [6.07, 6.45) is 33.9. The van der Waals surface area contributed by atoms with E-state index in [4.69, 9.17) is 18.9 Å². The summed E-state index contributed by atoms with van der Waals surface area (Å²) in [5.41, 5.74) is 2.15. The second kappa shape index (κ2) is 37.0. The first kappa shape index (κ1) is 63.3. The third-order valence-electron chi connectivity index (χ3n) is 14.4. The minimum atomic E-state index is 0.722. The SMILES string of the molecule is CCCC[N+](C)(C)CCCCCCOc1cc(/C=C/c2cc(OCCCCCC[N+](C)(C)CCCC)cc(OCCCCCC[N+](C)(C)CCCC)c2)cc(OCCCCCC[N+](C)(C)CCCC)c1. The first-order chi connectivity index (χ1) is 33.5. The molecule has 70 heavy (non-hydrogen) atoms. The zero-order valence-electron chi connectivity index (χ0n) is 48.5. The van der Waals surface area contributed by atoms with Gasteiger partial charge in [-0.3, -0.25) is 0 Å². The number of ether oxygens (including phenoxy) is 4. The molecule has 0 amide bonds. The van der Waals surface area contributed by atoms with Crippen LogP contribution in [0.5, 0.6) is 23.0 Å². The fourth-order valence-corrected chi connectivity index (χ4v) is 9.44. The Balaban J connectivity index is 2.15. The summed E-state index contributed by atoms with van der Waals surface area (Å²) in [4.78, 5) is 0. The lowest BCUT2D eigenvalue weighted by atomic mass is 10.1. The monoisotopic (exact) mass is 981 g/mol. The maximum absolute atomic E-state index is 6.46. The zero-order chi connectivity index (χ0) is 51.4. The lowest BCUT2D eigenvalue weighted by Gasteiger charge is -2.29. The third kappa shape index (κ3) is 33.0. The summed E-state index contributed by atoms with van der Waals surface area (Å²) in [5.74, 6) is 3.54. The van der Waals surface area contributed by atoms with Gasteiger partial charge in [-0.15, -0.1) is 0 Å². The summed E-state index contributed by atoms with van der Waals surface area (Å²) in [6, 6.07) is 12.9.